The maximum absolute atomic E-state index is 13.0. The van der Waals surface area contributed by atoms with Crippen molar-refractivity contribution in [2.45, 2.75) is 71.7 Å². The van der Waals surface area contributed by atoms with Crippen molar-refractivity contribution in [1.82, 2.24) is 19.2 Å². The lowest BCUT2D eigenvalue weighted by molar-refractivity contribution is -0.134. The number of carbonyl (C=O) groups excluding carboxylic acids is 3. The number of fused-ring (bicyclic) bond motifs is 2. The molecule has 16 nitrogen and oxygen atoms in total. The second kappa shape index (κ2) is 23.1. The highest BCUT2D eigenvalue weighted by Gasteiger charge is 2.30. The van der Waals surface area contributed by atoms with Crippen LogP contribution in [0.15, 0.2) is 48.9 Å². The molecule has 4 N–H and O–H groups in total. The molecule has 2 fully saturated rings. The molecule has 5 heterocycles. The molecule has 4 aromatic rings. The van der Waals surface area contributed by atoms with Crippen LogP contribution in [0.3, 0.4) is 0 Å². The fourth-order valence-electron chi connectivity index (χ4n) is 5.00. The van der Waals surface area contributed by atoms with Crippen molar-refractivity contribution in [2.75, 3.05) is 32.7 Å². The molecule has 0 spiro atoms. The number of nitriles is 1. The Balaban J connectivity index is 0.000000850. The highest BCUT2D eigenvalue weighted by Crippen LogP contribution is 2.34. The number of anilines is 1. The molecule has 50 heavy (non-hydrogen) atoms. The van der Waals surface area contributed by atoms with E-state index in [9.17, 15) is 9.59 Å². The molecule has 0 amide bonds. The number of rotatable bonds is 5. The van der Waals surface area contributed by atoms with Gasteiger partial charge in [-0.1, -0.05) is 32.0 Å². The van der Waals surface area contributed by atoms with E-state index < -0.39 is 18.0 Å². The Bertz CT molecular complexity index is 1660. The third kappa shape index (κ3) is 11.9. The predicted octanol–water partition coefficient (Wildman–Crippen LogP) is 4.58. The first-order chi connectivity index (χ1) is 24.2. The zero-order chi connectivity index (χ0) is 37.6. The summed E-state index contributed by atoms with van der Waals surface area (Å²) in [5.74, 6) is -0.889. The molecule has 1 aromatic carbocycles. The number of carboxylic acid groups (broad SMARTS) is 1. The van der Waals surface area contributed by atoms with Gasteiger partial charge in [0.1, 0.15) is 36.9 Å². The Labute approximate surface area is 290 Å². The molecule has 16 heteroatoms. The van der Waals surface area contributed by atoms with Gasteiger partial charge in [0, 0.05) is 45.0 Å². The summed E-state index contributed by atoms with van der Waals surface area (Å²) in [7, 11) is 1.00. The van der Waals surface area contributed by atoms with E-state index >= 15 is 0 Å². The molecule has 2 aliphatic heterocycles. The zero-order valence-electron chi connectivity index (χ0n) is 28.9. The van der Waals surface area contributed by atoms with Crippen LogP contribution in [0.2, 0.25) is 0 Å². The van der Waals surface area contributed by atoms with Crippen LogP contribution in [-0.4, -0.2) is 92.8 Å². The number of aldehydes is 1. The molecular weight excluding hydrogens is 652 g/mol. The van der Waals surface area contributed by atoms with Crippen molar-refractivity contribution in [3.63, 3.8) is 0 Å². The molecule has 2 unspecified atom stereocenters. The number of hydrogen-bond donors (Lipinski definition) is 3. The van der Waals surface area contributed by atoms with Crippen LogP contribution in [0.5, 0.6) is 0 Å². The van der Waals surface area contributed by atoms with Gasteiger partial charge in [-0.3, -0.25) is 9.36 Å². The molecule has 2 saturated heterocycles. The number of aromatic nitrogens is 4. The zero-order valence-corrected chi connectivity index (χ0v) is 28.9. The summed E-state index contributed by atoms with van der Waals surface area (Å²) in [6, 6.07) is 11.0. The van der Waals surface area contributed by atoms with E-state index in [4.69, 9.17) is 49.7 Å². The number of hydrogen-bond acceptors (Lipinski definition) is 13. The van der Waals surface area contributed by atoms with Crippen molar-refractivity contribution in [1.29, 1.82) is 5.26 Å². The molecule has 2 aliphatic rings. The first-order valence-corrected chi connectivity index (χ1v) is 15.8. The van der Waals surface area contributed by atoms with E-state index in [0.29, 0.717) is 48.3 Å². The van der Waals surface area contributed by atoms with Crippen LogP contribution in [0, 0.1) is 11.8 Å². The molecule has 0 aliphatic carbocycles. The van der Waals surface area contributed by atoms with Crippen molar-refractivity contribution < 1.29 is 48.3 Å². The number of aliphatic hydroxyl groups excluding tert-OH is 1. The summed E-state index contributed by atoms with van der Waals surface area (Å²) in [4.78, 5) is 47.8. The lowest BCUT2D eigenvalue weighted by atomic mass is 10.1. The Morgan fingerprint density at radius 2 is 1.68 bits per heavy atom. The average molecular weight is 699 g/mol. The number of carboxylic acids is 1. The van der Waals surface area contributed by atoms with Gasteiger partial charge in [0.25, 0.3) is 5.97 Å². The Kier molecular flexibility index (Phi) is 19.7. The lowest BCUT2D eigenvalue weighted by Gasteiger charge is -2.22. The number of nitrogens with two attached hydrogens (primary N) is 1. The lowest BCUT2D eigenvalue weighted by Crippen LogP contribution is -2.26. The number of aliphatic hydroxyl groups is 1. The van der Waals surface area contributed by atoms with E-state index in [0.717, 1.165) is 44.4 Å². The Hall–Kier alpha value is -5.37. The predicted molar refractivity (Wildman–Crippen MR) is 183 cm³/mol. The van der Waals surface area contributed by atoms with Crippen LogP contribution < -0.4 is 5.73 Å². The van der Waals surface area contributed by atoms with Gasteiger partial charge in [0.15, 0.2) is 5.82 Å². The van der Waals surface area contributed by atoms with Crippen LogP contribution in [-0.2, 0) is 28.5 Å². The standard InChI is InChI=1S/C26H27N5O6.C2H4O2.C2H4O.C2H6.CHN.CH4O/c27-24-22-7-6-21(31(22)29-15-28-24)23-8-5-17(36-23)14-35-26(33)30-13-19(18-3-1-2-4-20(18)30)25(32)37-16-9-11-34-12-10-16;1-2(3)4;1-2-3;3*1-2/h1-4,6-7,13,15-17,23H,5,8-12,14H2,(H2,27,28,29);1H3,(H,3,4);2H,1H3;1-2H3;1H;2H,1H3. The minimum atomic E-state index is -0.833. The van der Waals surface area contributed by atoms with Gasteiger partial charge in [-0.25, -0.2) is 24.4 Å². The van der Waals surface area contributed by atoms with E-state index in [1.165, 1.54) is 24.0 Å². The molecule has 0 saturated carbocycles. The highest BCUT2D eigenvalue weighted by atomic mass is 16.6. The second-order valence-electron chi connectivity index (χ2n) is 10.0. The first-order valence-electron chi connectivity index (χ1n) is 15.8. The van der Waals surface area contributed by atoms with E-state index in [1.807, 2.05) is 38.1 Å². The third-order valence-corrected chi connectivity index (χ3v) is 6.91. The van der Waals surface area contributed by atoms with Crippen LogP contribution in [0.25, 0.3) is 16.4 Å². The molecular formula is C34H46N6O10. The summed E-state index contributed by atoms with van der Waals surface area (Å²) >= 11 is 0. The van der Waals surface area contributed by atoms with Crippen molar-refractivity contribution in [3.05, 3.63) is 60.2 Å². The van der Waals surface area contributed by atoms with Crippen molar-refractivity contribution >= 4 is 46.6 Å². The Morgan fingerprint density at radius 1 is 1.06 bits per heavy atom. The van der Waals surface area contributed by atoms with Crippen molar-refractivity contribution in [3.8, 4) is 6.57 Å². The third-order valence-electron chi connectivity index (χ3n) is 6.91. The molecule has 3 aromatic heterocycles. The fraction of sp³-hybridized carbons (Fsp3) is 0.441. The molecule has 2 atom stereocenters. The smallest absolute Gasteiger partial charge is 0.418 e. The van der Waals surface area contributed by atoms with Crippen molar-refractivity contribution in [2.24, 2.45) is 0 Å². The van der Waals surface area contributed by atoms with Gasteiger partial charge >= 0.3 is 12.1 Å². The summed E-state index contributed by atoms with van der Waals surface area (Å²) in [6.07, 6.45) is 5.22. The number of esters is 1. The monoisotopic (exact) mass is 698 g/mol. The fourth-order valence-corrected chi connectivity index (χ4v) is 5.00. The molecule has 272 valence electrons. The van der Waals surface area contributed by atoms with Gasteiger partial charge < -0.3 is 39.7 Å². The number of carbonyl (C=O) groups is 4. The number of ether oxygens (including phenoxy) is 4. The minimum absolute atomic E-state index is 0.0874. The molecule has 0 bridgehead atoms. The van der Waals surface area contributed by atoms with Crippen LogP contribution in [0.4, 0.5) is 10.6 Å². The van der Waals surface area contributed by atoms with E-state index in [2.05, 4.69) is 16.7 Å². The van der Waals surface area contributed by atoms with Crippen LogP contribution >= 0.6 is 0 Å². The van der Waals surface area contributed by atoms with Gasteiger partial charge in [0.2, 0.25) is 0 Å². The normalized spacial score (nSPS) is 16.2. The van der Waals surface area contributed by atoms with Gasteiger partial charge in [0.05, 0.1) is 36.1 Å². The quantitative estimate of drug-likeness (QED) is 0.191. The van der Waals surface area contributed by atoms with E-state index in [1.54, 1.807) is 16.6 Å². The largest absolute Gasteiger partial charge is 0.481 e. The van der Waals surface area contributed by atoms with Gasteiger partial charge in [-0.05, 0) is 38.0 Å². The Morgan fingerprint density at radius 3 is 2.32 bits per heavy atom. The molecule has 6 rings (SSSR count). The number of nitrogens with zero attached hydrogens (tertiary/aromatic N) is 5. The summed E-state index contributed by atoms with van der Waals surface area (Å²) in [5, 5.41) is 25.8. The second-order valence-corrected chi connectivity index (χ2v) is 10.0. The van der Waals surface area contributed by atoms with Gasteiger partial charge in [-0.15, -0.1) is 0 Å². The molecule has 0 radical (unpaired) electrons. The topological polar surface area (TPSA) is 231 Å². The number of benzene rings is 1. The highest BCUT2D eigenvalue weighted by molar-refractivity contribution is 6.06. The number of para-hydroxylation sites is 1. The van der Waals surface area contributed by atoms with Crippen LogP contribution in [0.1, 0.15) is 75.5 Å². The van der Waals surface area contributed by atoms with Gasteiger partial charge in [-0.2, -0.15) is 5.10 Å². The average Bonchev–Trinajstić information content (AvgIpc) is 3.88. The number of nitrogen functional groups attached to an aromatic ring is 1. The number of aliphatic carboxylic acids is 1. The maximum Gasteiger partial charge on any atom is 0.418 e. The maximum atomic E-state index is 13.0. The first kappa shape index (κ1) is 42.7. The summed E-state index contributed by atoms with van der Waals surface area (Å²) < 4.78 is 25.9. The summed E-state index contributed by atoms with van der Waals surface area (Å²) in [5.41, 5.74) is 8.44. The minimum Gasteiger partial charge on any atom is -0.481 e. The summed E-state index contributed by atoms with van der Waals surface area (Å²) in [6.45, 7) is 11.3. The SMILES string of the molecule is C#N.CC.CC(=O)O.CC=O.CO.Nc1ncnn2c(C3CCC(COC(=O)n4cc(C(=O)OC5CCOCC5)c5ccccc54)O3)ccc12. The van der Waals surface area contributed by atoms with E-state index in [-0.39, 0.29) is 24.9 Å².